The Labute approximate surface area is 317 Å². The van der Waals surface area contributed by atoms with Crippen molar-refractivity contribution in [3.63, 3.8) is 0 Å². The Bertz CT molecular complexity index is 1660. The van der Waals surface area contributed by atoms with Crippen LogP contribution in [0.2, 0.25) is 0 Å². The smallest absolute Gasteiger partial charge is 0.493 e. The highest BCUT2D eigenvalue weighted by Crippen LogP contribution is 2.33. The Hall–Kier alpha value is -7.32. The van der Waals surface area contributed by atoms with Gasteiger partial charge in [0.2, 0.25) is 0 Å². The molecule has 0 heterocycles. The Morgan fingerprint density at radius 3 is 0.911 bits per heavy atom. The van der Waals surface area contributed by atoms with Crippen molar-refractivity contribution in [1.82, 2.24) is 0 Å². The van der Waals surface area contributed by atoms with Gasteiger partial charge >= 0.3 is 36.4 Å². The molecule has 3 rings (SSSR count). The van der Waals surface area contributed by atoms with Crippen LogP contribution in [0.1, 0.15) is 38.0 Å². The Balaban J connectivity index is 1.65. The Morgan fingerprint density at radius 1 is 0.411 bits per heavy atom. The number of para-hydroxylation sites is 3. The van der Waals surface area contributed by atoms with Crippen LogP contribution in [0.25, 0.3) is 0 Å². The third-order valence-electron chi connectivity index (χ3n) is 7.04. The molecule has 0 bridgehead atoms. The molecule has 3 aromatic rings. The number of benzene rings is 3. The van der Waals surface area contributed by atoms with Crippen LogP contribution in [0, 0.1) is 5.41 Å². The zero-order valence-corrected chi connectivity index (χ0v) is 30.9. The van der Waals surface area contributed by atoms with Gasteiger partial charge in [-0.2, -0.15) is 14.4 Å². The molecule has 302 valence electrons. The maximum Gasteiger partial charge on any atom is 0.549 e. The maximum atomic E-state index is 12.6. The predicted octanol–water partition coefficient (Wildman–Crippen LogP) is 4.82. The van der Waals surface area contributed by atoms with Gasteiger partial charge in [-0.3, -0.25) is 0 Å². The molecule has 0 unspecified atom stereocenters. The fraction of sp³-hybridized carbons (Fsp3) is 0.314. The zero-order chi connectivity index (χ0) is 41.3. The number of rotatable bonds is 15. The fourth-order valence-corrected chi connectivity index (χ4v) is 4.39. The van der Waals surface area contributed by atoms with Crippen molar-refractivity contribution in [2.45, 2.75) is 6.92 Å². The van der Waals surface area contributed by atoms with E-state index in [1.807, 2.05) is 0 Å². The Kier molecular flexibility index (Phi) is 16.0. The lowest BCUT2D eigenvalue weighted by Crippen LogP contribution is -2.37. The van der Waals surface area contributed by atoms with Crippen LogP contribution < -0.4 is 28.4 Å². The standard InChI is InChI=1S/C35H36O21/c1-35(17-48-32(39)54-51-29(36)20-11-8-14-23(42-2)26(20)45-5,18-49-33(40)55-52-30(37)21-12-9-15-24(43-3)27(21)46-6)19-50-34(41)56-53-31(38)22-13-10-16-25(44-4)28(22)47-7/h8-16H,17-19H2,1-7H3. The van der Waals surface area contributed by atoms with Crippen molar-refractivity contribution in [1.29, 1.82) is 0 Å². The number of hydrogen-bond acceptors (Lipinski definition) is 21. The molecule has 0 aliphatic rings. The minimum atomic E-state index is -1.67. The van der Waals surface area contributed by atoms with Gasteiger partial charge < -0.3 is 42.6 Å². The van der Waals surface area contributed by atoms with Crippen molar-refractivity contribution in [2.75, 3.05) is 62.5 Å². The van der Waals surface area contributed by atoms with E-state index in [4.69, 9.17) is 42.6 Å². The summed E-state index contributed by atoms with van der Waals surface area (Å²) in [5.41, 5.74) is -2.17. The second-order valence-corrected chi connectivity index (χ2v) is 10.9. The van der Waals surface area contributed by atoms with E-state index in [1.54, 1.807) is 0 Å². The molecule has 0 atom stereocenters. The van der Waals surface area contributed by atoms with Gasteiger partial charge in [0, 0.05) is 0 Å². The van der Waals surface area contributed by atoms with E-state index in [0.717, 1.165) is 0 Å². The van der Waals surface area contributed by atoms with E-state index in [9.17, 15) is 28.8 Å². The summed E-state index contributed by atoms with van der Waals surface area (Å²) in [5, 5.41) is 0. The van der Waals surface area contributed by atoms with Crippen LogP contribution in [0.5, 0.6) is 34.5 Å². The molecule has 56 heavy (non-hydrogen) atoms. The van der Waals surface area contributed by atoms with Gasteiger partial charge in [-0.15, -0.1) is 0 Å². The normalized spacial score (nSPS) is 10.3. The second kappa shape index (κ2) is 20.8. The quantitative estimate of drug-likeness (QED) is 0.0867. The van der Waals surface area contributed by atoms with E-state index in [-0.39, 0.29) is 51.2 Å². The monoisotopic (exact) mass is 792 g/mol. The van der Waals surface area contributed by atoms with E-state index in [0.29, 0.717) is 0 Å². The summed E-state index contributed by atoms with van der Waals surface area (Å²) in [4.78, 5) is 102. The van der Waals surface area contributed by atoms with Gasteiger partial charge in [-0.05, 0) is 43.3 Å². The molecule has 0 spiro atoms. The summed E-state index contributed by atoms with van der Waals surface area (Å²) in [6.07, 6.45) is -4.71. The highest BCUT2D eigenvalue weighted by Gasteiger charge is 2.34. The summed E-state index contributed by atoms with van der Waals surface area (Å²) < 4.78 is 45.7. The van der Waals surface area contributed by atoms with Gasteiger partial charge in [0.05, 0.1) is 48.1 Å². The molecule has 21 nitrogen and oxygen atoms in total. The Morgan fingerprint density at radius 2 is 0.679 bits per heavy atom. The highest BCUT2D eigenvalue weighted by atomic mass is 17.2. The number of methoxy groups -OCH3 is 6. The van der Waals surface area contributed by atoms with Crippen LogP contribution in [-0.2, 0) is 43.5 Å². The van der Waals surface area contributed by atoms with Crippen molar-refractivity contribution < 1.29 is 101 Å². The summed E-state index contributed by atoms with van der Waals surface area (Å²) in [6.45, 7) is -1.04. The second-order valence-electron chi connectivity index (χ2n) is 10.9. The van der Waals surface area contributed by atoms with Crippen LogP contribution in [-0.4, -0.2) is 98.9 Å². The molecule has 0 radical (unpaired) electrons. The molecule has 0 saturated heterocycles. The number of carbonyl (C=O) groups excluding carboxylic acids is 6. The number of carbonyl (C=O) groups is 6. The first kappa shape index (κ1) is 43.1. The SMILES string of the molecule is COc1cccc(C(=O)OOC(=O)OCC(C)(COC(=O)OOC(=O)c2cccc(OC)c2OC)COC(=O)OOC(=O)c2cccc(OC)c2OC)c1OC. The predicted molar refractivity (Wildman–Crippen MR) is 180 cm³/mol. The molecule has 0 N–H and O–H groups in total. The zero-order valence-electron chi connectivity index (χ0n) is 30.9. The summed E-state index contributed by atoms with van der Waals surface area (Å²) in [5.74, 6) is -3.00. The minimum Gasteiger partial charge on any atom is -0.493 e. The molecule has 0 aromatic heterocycles. The highest BCUT2D eigenvalue weighted by molar-refractivity contribution is 5.94. The summed E-state index contributed by atoms with van der Waals surface area (Å²) in [7, 11) is 7.81. The van der Waals surface area contributed by atoms with Gasteiger partial charge in [-0.25, -0.2) is 43.7 Å². The lowest BCUT2D eigenvalue weighted by molar-refractivity contribution is -0.216. The molecule has 0 aliphatic carbocycles. The van der Waals surface area contributed by atoms with Crippen LogP contribution in [0.3, 0.4) is 0 Å². The topological polar surface area (TPSA) is 241 Å². The third-order valence-corrected chi connectivity index (χ3v) is 7.04. The van der Waals surface area contributed by atoms with E-state index >= 15 is 0 Å². The molecule has 0 saturated carbocycles. The van der Waals surface area contributed by atoms with Crippen molar-refractivity contribution >= 4 is 36.4 Å². The molecular weight excluding hydrogens is 756 g/mol. The van der Waals surface area contributed by atoms with Crippen molar-refractivity contribution in [3.8, 4) is 34.5 Å². The van der Waals surface area contributed by atoms with E-state index < -0.39 is 61.6 Å². The summed E-state index contributed by atoms with van der Waals surface area (Å²) in [6, 6.07) is 12.8. The summed E-state index contributed by atoms with van der Waals surface area (Å²) >= 11 is 0. The molecule has 0 aliphatic heterocycles. The largest absolute Gasteiger partial charge is 0.549 e. The van der Waals surface area contributed by atoms with Crippen LogP contribution in [0.4, 0.5) is 14.4 Å². The van der Waals surface area contributed by atoms with Gasteiger partial charge in [-0.1, -0.05) is 18.2 Å². The lowest BCUT2D eigenvalue weighted by Gasteiger charge is -2.26. The first-order chi connectivity index (χ1) is 26.8. The maximum absolute atomic E-state index is 12.6. The van der Waals surface area contributed by atoms with Gasteiger partial charge in [0.15, 0.2) is 34.5 Å². The average Bonchev–Trinajstić information content (AvgIpc) is 3.23. The molecule has 0 amide bonds. The van der Waals surface area contributed by atoms with Crippen molar-refractivity contribution in [2.24, 2.45) is 5.41 Å². The van der Waals surface area contributed by atoms with Crippen LogP contribution in [0.15, 0.2) is 54.6 Å². The third kappa shape index (κ3) is 11.6. The van der Waals surface area contributed by atoms with Crippen LogP contribution >= 0.6 is 0 Å². The molecular formula is C35H36O21. The van der Waals surface area contributed by atoms with E-state index in [1.165, 1.54) is 104 Å². The lowest BCUT2D eigenvalue weighted by atomic mass is 9.94. The van der Waals surface area contributed by atoms with Crippen molar-refractivity contribution in [3.05, 3.63) is 71.3 Å². The first-order valence-corrected chi connectivity index (χ1v) is 15.6. The average molecular weight is 793 g/mol. The van der Waals surface area contributed by atoms with Gasteiger partial charge in [0.25, 0.3) is 0 Å². The number of ether oxygens (including phenoxy) is 9. The number of hydrogen-bond donors (Lipinski definition) is 0. The minimum absolute atomic E-state index is 0.0146. The van der Waals surface area contributed by atoms with Gasteiger partial charge in [0.1, 0.15) is 36.5 Å². The molecule has 0 fully saturated rings. The molecule has 3 aromatic carbocycles. The fourth-order valence-electron chi connectivity index (χ4n) is 4.39. The molecule has 21 heteroatoms. The van der Waals surface area contributed by atoms with E-state index in [2.05, 4.69) is 29.3 Å². The first-order valence-electron chi connectivity index (χ1n) is 15.6.